The van der Waals surface area contributed by atoms with E-state index in [-0.39, 0.29) is 52.1 Å². The van der Waals surface area contributed by atoms with Crippen LogP contribution in [0, 0.1) is 35.6 Å². The minimum atomic E-state index is -3.65. The molecule has 0 heterocycles. The predicted molar refractivity (Wildman–Crippen MR) is 0.686 cm³/mol. The molecular weight excluding hydrogens is 301 g/mol. The molecule has 0 radical (unpaired) electrons. The first-order chi connectivity index (χ1) is 1.73. The van der Waals surface area contributed by atoms with Gasteiger partial charge in [-0.3, -0.25) is 0 Å². The van der Waals surface area contributed by atoms with E-state index in [0.717, 1.165) is 0 Å². The van der Waals surface area contributed by atoms with Gasteiger partial charge in [0.25, 0.3) is 0 Å². The van der Waals surface area contributed by atoms with Gasteiger partial charge in [-0.1, -0.05) is 0 Å². The van der Waals surface area contributed by atoms with Crippen molar-refractivity contribution in [1.82, 2.24) is 0 Å². The van der Waals surface area contributed by atoms with Crippen LogP contribution in [0.15, 0.2) is 0 Å². The molecule has 0 aliphatic carbocycles. The van der Waals surface area contributed by atoms with Gasteiger partial charge in [0.1, 0.15) is 0 Å². The van der Waals surface area contributed by atoms with Crippen molar-refractivity contribution in [2.24, 2.45) is 0 Å². The summed E-state index contributed by atoms with van der Waals surface area (Å²) in [6.45, 7) is 0. The summed E-state index contributed by atoms with van der Waals surface area (Å²) >= 11 is -3.65. The van der Waals surface area contributed by atoms with Gasteiger partial charge in [0, 0.05) is 0 Å². The van der Waals surface area contributed by atoms with Crippen LogP contribution in [0.5, 0.6) is 0 Å². The fraction of sp³-hybridized carbons (Fsp3) is 0. The summed E-state index contributed by atoms with van der Waals surface area (Å²) in [4.78, 5) is 0. The Morgan fingerprint density at radius 2 is 1.33 bits per heavy atom. The topological polar surface area (TPSA) is 63.2 Å². The molecule has 0 aromatic heterocycles. The van der Waals surface area contributed by atoms with Crippen molar-refractivity contribution in [2.75, 3.05) is 0 Å². The first-order valence-corrected chi connectivity index (χ1v) is 1.91. The van der Waals surface area contributed by atoms with Crippen LogP contribution in [-0.2, 0) is 34.8 Å². The van der Waals surface area contributed by atoms with Gasteiger partial charge >= 0.3 is 78.8 Å². The Labute approximate surface area is 77.8 Å². The van der Waals surface area contributed by atoms with Crippen molar-refractivity contribution >= 4 is 0 Å². The first-order valence-electron chi connectivity index (χ1n) is 0.463. The van der Waals surface area contributed by atoms with E-state index in [0.29, 0.717) is 0 Å². The molecule has 3 nitrogen and oxygen atoms in total. The zero-order chi connectivity index (χ0) is 3.58. The van der Waals surface area contributed by atoms with Crippen LogP contribution >= 0.6 is 0 Å². The van der Waals surface area contributed by atoms with Crippen molar-refractivity contribution in [3.63, 3.8) is 0 Å². The quantitative estimate of drug-likeness (QED) is 0.465. The van der Waals surface area contributed by atoms with Gasteiger partial charge in [-0.05, 0) is 0 Å². The van der Waals surface area contributed by atoms with Gasteiger partial charge in [-0.2, -0.15) is 0 Å². The molecule has 0 N–H and O–H groups in total. The summed E-state index contributed by atoms with van der Waals surface area (Å²) in [6.07, 6.45) is 0. The summed E-state index contributed by atoms with van der Waals surface area (Å²) < 4.78 is 25.6. The van der Waals surface area contributed by atoms with Gasteiger partial charge in [0.2, 0.25) is 0 Å². The molecule has 0 unspecified atom stereocenters. The van der Waals surface area contributed by atoms with Crippen molar-refractivity contribution in [2.45, 2.75) is 0 Å². The molecule has 0 aromatic carbocycles. The molecule has 6 heteroatoms. The van der Waals surface area contributed by atoms with Gasteiger partial charge in [0.05, 0.1) is 0 Å². The Morgan fingerprint density at radius 3 is 1.33 bits per heavy atom. The van der Waals surface area contributed by atoms with E-state index >= 15 is 0 Å². The van der Waals surface area contributed by atoms with E-state index in [1.54, 1.807) is 0 Å². The van der Waals surface area contributed by atoms with Crippen molar-refractivity contribution < 1.29 is 78.8 Å². The Kier molecular flexibility index (Phi) is 26.2. The summed E-state index contributed by atoms with van der Waals surface area (Å²) in [5.74, 6) is 0. The van der Waals surface area contributed by atoms with Gasteiger partial charge in [0.15, 0.2) is 0 Å². The average molecular weight is 301 g/mol. The second-order valence-electron chi connectivity index (χ2n) is 0.189. The maximum absolute atomic E-state index is 8.52. The minimum absolute atomic E-state index is 0. The summed E-state index contributed by atoms with van der Waals surface area (Å²) in [5, 5.41) is 0. The summed E-state index contributed by atoms with van der Waals surface area (Å²) in [6, 6.07) is 0. The Bertz CT molecular complexity index is 33.8. The van der Waals surface area contributed by atoms with E-state index in [1.807, 2.05) is 0 Å². The van der Waals surface area contributed by atoms with E-state index in [4.69, 9.17) is 12.2 Å². The van der Waals surface area contributed by atoms with Crippen LogP contribution in [-0.4, -0.2) is 0 Å². The fourth-order valence-electron chi connectivity index (χ4n) is 0. The third-order valence-electron chi connectivity index (χ3n) is 0. The van der Waals surface area contributed by atoms with Crippen molar-refractivity contribution in [3.8, 4) is 0 Å². The second kappa shape index (κ2) is 10.0. The Balaban J connectivity index is -0.0000000450. The maximum atomic E-state index is 8.52. The summed E-state index contributed by atoms with van der Waals surface area (Å²) in [5.41, 5.74) is 0. The van der Waals surface area contributed by atoms with Gasteiger partial charge < -0.3 is 0 Å². The summed E-state index contributed by atoms with van der Waals surface area (Å²) in [7, 11) is 0. The van der Waals surface area contributed by atoms with Crippen molar-refractivity contribution in [1.29, 1.82) is 0 Å². The molecule has 0 saturated heterocycles. The predicted octanol–water partition coefficient (Wildman–Crippen LogP) is -2.50. The number of hydrogen-bond acceptors (Lipinski definition) is 3. The molecule has 6 heavy (non-hydrogen) atoms. The van der Waals surface area contributed by atoms with Crippen molar-refractivity contribution in [3.05, 3.63) is 0 Å². The van der Waals surface area contributed by atoms with Crippen LogP contribution < -0.4 is 8.38 Å². The molecule has 0 aliphatic heterocycles. The van der Waals surface area contributed by atoms with Crippen LogP contribution in [0.1, 0.15) is 0 Å². The second-order valence-corrected chi connectivity index (χ2v) is 0.779. The molecule has 0 saturated carbocycles. The van der Waals surface area contributed by atoms with E-state index in [9.17, 15) is 0 Å². The molecule has 0 spiro atoms. The average Bonchev–Trinajstić information content (AvgIpc) is 0.811. The number of hydrogen-bond donors (Lipinski definition) is 0. The van der Waals surface area contributed by atoms with E-state index in [2.05, 4.69) is 0 Å². The third-order valence-corrected chi connectivity index (χ3v) is 0. The standard InChI is InChI=1S/La.Mn.Ni.3O/q+3;;+2;;2*-1. The fourth-order valence-corrected chi connectivity index (χ4v) is 0. The molecule has 0 aromatic rings. The molecule has 0 amide bonds. The molecular formula is LaMnNiO3+3. The Morgan fingerprint density at radius 1 is 1.33 bits per heavy atom. The van der Waals surface area contributed by atoms with Crippen LogP contribution in [0.25, 0.3) is 0 Å². The van der Waals surface area contributed by atoms with E-state index in [1.165, 1.54) is 0 Å². The van der Waals surface area contributed by atoms with Gasteiger partial charge in [-0.25, -0.2) is 0 Å². The molecule has 0 rings (SSSR count). The third kappa shape index (κ3) is 38.7. The molecule has 0 aliphatic rings. The van der Waals surface area contributed by atoms with Gasteiger partial charge in [-0.15, -0.1) is 0 Å². The van der Waals surface area contributed by atoms with E-state index < -0.39 is 14.5 Å². The molecule has 0 atom stereocenters. The Hall–Kier alpha value is 1.93. The zero-order valence-electron chi connectivity index (χ0n) is 2.50. The normalized spacial score (nSPS) is 5.83. The number of rotatable bonds is 0. The first kappa shape index (κ1) is 15.7. The molecule has 0 fully saturated rings. The monoisotopic (exact) mass is 300 g/mol. The SMILES string of the molecule is [La+3].[Ni+2].[O]=[Mn]([O-])[O-]. The molecule has 35 valence electrons. The zero-order valence-corrected chi connectivity index (χ0v) is 8.29. The van der Waals surface area contributed by atoms with Crippen LogP contribution in [0.4, 0.5) is 0 Å². The molecule has 0 bridgehead atoms. The van der Waals surface area contributed by atoms with Crippen LogP contribution in [0.3, 0.4) is 0 Å². The van der Waals surface area contributed by atoms with Crippen LogP contribution in [0.2, 0.25) is 0 Å².